The van der Waals surface area contributed by atoms with Crippen LogP contribution in [0, 0.1) is 10.1 Å². The molecule has 88 valence electrons. The number of hydrogen-bond donors (Lipinski definition) is 1. The Labute approximate surface area is 95.2 Å². The molecule has 1 rings (SSSR count). The second kappa shape index (κ2) is 6.03. The van der Waals surface area contributed by atoms with Crippen LogP contribution in [0.4, 0.5) is 5.69 Å². The third-order valence-electron chi connectivity index (χ3n) is 1.47. The van der Waals surface area contributed by atoms with Crippen LogP contribution in [-0.2, 0) is 9.53 Å². The Bertz CT molecular complexity index is 380. The molecule has 0 spiro atoms. The molecule has 0 saturated carbocycles. The minimum absolute atomic E-state index is 0.180. The highest BCUT2D eigenvalue weighted by atomic mass is 35.5. The fourth-order valence-electron chi connectivity index (χ4n) is 0.848. The number of amides is 1. The number of carbonyl (C=O) groups is 1. The van der Waals surface area contributed by atoms with E-state index in [1.54, 1.807) is 0 Å². The van der Waals surface area contributed by atoms with Crippen molar-refractivity contribution in [3.05, 3.63) is 22.5 Å². The van der Waals surface area contributed by atoms with E-state index in [2.05, 4.69) is 10.5 Å². The molecule has 0 fully saturated rings. The van der Waals surface area contributed by atoms with E-state index < -0.39 is 10.8 Å². The van der Waals surface area contributed by atoms with Gasteiger partial charge in [-0.05, 0) is 0 Å². The van der Waals surface area contributed by atoms with Crippen LogP contribution in [0.25, 0.3) is 0 Å². The number of aromatic nitrogens is 2. The van der Waals surface area contributed by atoms with Crippen molar-refractivity contribution in [1.82, 2.24) is 9.89 Å². The number of rotatable bonds is 6. The largest absolute Gasteiger partial charge is 0.370 e. The van der Waals surface area contributed by atoms with Crippen LogP contribution in [0.2, 0.25) is 0 Å². The van der Waals surface area contributed by atoms with Crippen LogP contribution in [0.5, 0.6) is 0 Å². The minimum atomic E-state index is -0.611. The van der Waals surface area contributed by atoms with E-state index in [-0.39, 0.29) is 18.9 Å². The van der Waals surface area contributed by atoms with Gasteiger partial charge in [0.05, 0.1) is 11.5 Å². The Morgan fingerprint density at radius 1 is 1.75 bits per heavy atom. The van der Waals surface area contributed by atoms with Gasteiger partial charge in [-0.2, -0.15) is 9.89 Å². The van der Waals surface area contributed by atoms with Gasteiger partial charge in [0, 0.05) is 5.88 Å². The molecular weight excluding hydrogens is 240 g/mol. The minimum Gasteiger partial charge on any atom is -0.370 e. The van der Waals surface area contributed by atoms with E-state index in [4.69, 9.17) is 16.3 Å². The molecule has 0 aliphatic carbocycles. The Kier molecular flexibility index (Phi) is 4.67. The Balaban J connectivity index is 2.40. The molecule has 0 unspecified atom stereocenters. The lowest BCUT2D eigenvalue weighted by atomic mass is 10.6. The van der Waals surface area contributed by atoms with E-state index in [0.29, 0.717) is 5.88 Å². The molecule has 0 bridgehead atoms. The average Bonchev–Trinajstić information content (AvgIpc) is 2.66. The molecule has 8 nitrogen and oxygen atoms in total. The SMILES string of the molecule is O=C(COCCCl)Nn1cc([N+](=O)[O-])cn1. The summed E-state index contributed by atoms with van der Waals surface area (Å²) in [6.45, 7) is 0.0780. The predicted octanol–water partition coefficient (Wildman–Crippen LogP) is 0.117. The highest BCUT2D eigenvalue weighted by Gasteiger charge is 2.10. The van der Waals surface area contributed by atoms with Crippen molar-refractivity contribution >= 4 is 23.2 Å². The molecular formula is C7H9ClN4O4. The van der Waals surface area contributed by atoms with Gasteiger partial charge in [0.15, 0.2) is 0 Å². The number of hydrogen-bond acceptors (Lipinski definition) is 5. The van der Waals surface area contributed by atoms with E-state index >= 15 is 0 Å². The van der Waals surface area contributed by atoms with Crippen LogP contribution in [0.15, 0.2) is 12.4 Å². The van der Waals surface area contributed by atoms with Crippen molar-refractivity contribution in [3.63, 3.8) is 0 Å². The number of nitrogens with one attached hydrogen (secondary N) is 1. The summed E-state index contributed by atoms with van der Waals surface area (Å²) >= 11 is 5.33. The number of nitrogens with zero attached hydrogens (tertiary/aromatic N) is 3. The molecule has 1 amide bonds. The lowest BCUT2D eigenvalue weighted by Gasteiger charge is -2.03. The molecule has 1 N–H and O–H groups in total. The number of carbonyl (C=O) groups excluding carboxylic acids is 1. The van der Waals surface area contributed by atoms with Gasteiger partial charge in [0.25, 0.3) is 5.91 Å². The van der Waals surface area contributed by atoms with Gasteiger partial charge in [0.1, 0.15) is 19.0 Å². The van der Waals surface area contributed by atoms with E-state index in [1.165, 1.54) is 0 Å². The van der Waals surface area contributed by atoms with Crippen molar-refractivity contribution in [2.45, 2.75) is 0 Å². The zero-order valence-corrected chi connectivity index (χ0v) is 8.88. The smallest absolute Gasteiger partial charge is 0.309 e. The summed E-state index contributed by atoms with van der Waals surface area (Å²) in [6, 6.07) is 0. The predicted molar refractivity (Wildman–Crippen MR) is 54.8 cm³/mol. The first-order valence-electron chi connectivity index (χ1n) is 4.26. The number of halogens is 1. The average molecular weight is 249 g/mol. The van der Waals surface area contributed by atoms with Crippen molar-refractivity contribution in [2.24, 2.45) is 0 Å². The lowest BCUT2D eigenvalue weighted by molar-refractivity contribution is -0.384. The van der Waals surface area contributed by atoms with Crippen LogP contribution < -0.4 is 5.43 Å². The van der Waals surface area contributed by atoms with E-state index in [1.807, 2.05) is 0 Å². The van der Waals surface area contributed by atoms with Crippen molar-refractivity contribution in [1.29, 1.82) is 0 Å². The maximum atomic E-state index is 11.2. The zero-order chi connectivity index (χ0) is 12.0. The molecule has 0 atom stereocenters. The lowest BCUT2D eigenvalue weighted by Crippen LogP contribution is -2.27. The standard InChI is InChI=1S/C7H9ClN4O4/c8-1-2-16-5-7(13)10-11-4-6(3-9-11)12(14)15/h3-4H,1-2,5H2,(H,10,13). The molecule has 1 heterocycles. The second-order valence-corrected chi connectivity index (χ2v) is 3.05. The van der Waals surface area contributed by atoms with Crippen LogP contribution >= 0.6 is 11.6 Å². The first-order chi connectivity index (χ1) is 7.63. The van der Waals surface area contributed by atoms with Gasteiger partial charge in [0.2, 0.25) is 0 Å². The van der Waals surface area contributed by atoms with Gasteiger partial charge in [-0.1, -0.05) is 0 Å². The van der Waals surface area contributed by atoms with Crippen molar-refractivity contribution < 1.29 is 14.5 Å². The molecule has 0 aliphatic rings. The number of ether oxygens (including phenoxy) is 1. The summed E-state index contributed by atoms with van der Waals surface area (Å²) in [5, 5.41) is 13.9. The summed E-state index contributed by atoms with van der Waals surface area (Å²) in [5.74, 6) is -0.177. The Morgan fingerprint density at radius 2 is 2.50 bits per heavy atom. The zero-order valence-electron chi connectivity index (χ0n) is 8.13. The van der Waals surface area contributed by atoms with Crippen molar-refractivity contribution in [3.8, 4) is 0 Å². The summed E-state index contributed by atoms with van der Waals surface area (Å²) in [4.78, 5) is 21.8. The summed E-state index contributed by atoms with van der Waals surface area (Å²) in [7, 11) is 0. The molecule has 0 saturated heterocycles. The topological polar surface area (TPSA) is 99.3 Å². The highest BCUT2D eigenvalue weighted by Crippen LogP contribution is 2.05. The van der Waals surface area contributed by atoms with Gasteiger partial charge < -0.3 is 4.74 Å². The van der Waals surface area contributed by atoms with Crippen LogP contribution in [-0.4, -0.2) is 39.8 Å². The highest BCUT2D eigenvalue weighted by molar-refractivity contribution is 6.17. The fraction of sp³-hybridized carbons (Fsp3) is 0.429. The Morgan fingerprint density at radius 3 is 3.06 bits per heavy atom. The number of nitro groups is 1. The molecule has 9 heteroatoms. The molecule has 1 aromatic rings. The quantitative estimate of drug-likeness (QED) is 0.334. The van der Waals surface area contributed by atoms with Gasteiger partial charge >= 0.3 is 5.69 Å². The summed E-state index contributed by atoms with van der Waals surface area (Å²) < 4.78 is 4.85. The normalized spacial score (nSPS) is 10.1. The van der Waals surface area contributed by atoms with Crippen molar-refractivity contribution in [2.75, 3.05) is 24.5 Å². The molecule has 16 heavy (non-hydrogen) atoms. The summed E-state index contributed by atoms with van der Waals surface area (Å²) in [6.07, 6.45) is 2.11. The fourth-order valence-corrected chi connectivity index (χ4v) is 0.957. The third-order valence-corrected chi connectivity index (χ3v) is 1.63. The summed E-state index contributed by atoms with van der Waals surface area (Å²) in [5.41, 5.74) is 2.06. The Hall–Kier alpha value is -1.67. The first kappa shape index (κ1) is 12.4. The monoisotopic (exact) mass is 248 g/mol. The number of alkyl halides is 1. The van der Waals surface area contributed by atoms with Gasteiger partial charge in [-0.3, -0.25) is 14.9 Å². The molecule has 1 aromatic heterocycles. The maximum absolute atomic E-state index is 11.2. The molecule has 0 aromatic carbocycles. The van der Waals surface area contributed by atoms with Gasteiger partial charge in [-0.25, -0.2) is 5.43 Å². The van der Waals surface area contributed by atoms with E-state index in [0.717, 1.165) is 17.2 Å². The van der Waals surface area contributed by atoms with Crippen LogP contribution in [0.3, 0.4) is 0 Å². The van der Waals surface area contributed by atoms with Crippen LogP contribution in [0.1, 0.15) is 0 Å². The first-order valence-corrected chi connectivity index (χ1v) is 4.79. The second-order valence-electron chi connectivity index (χ2n) is 2.68. The van der Waals surface area contributed by atoms with Gasteiger partial charge in [-0.15, -0.1) is 11.6 Å². The maximum Gasteiger partial charge on any atom is 0.309 e. The van der Waals surface area contributed by atoms with E-state index in [9.17, 15) is 14.9 Å². The molecule has 0 radical (unpaired) electrons. The third kappa shape index (κ3) is 3.83. The molecule has 0 aliphatic heterocycles.